The fraction of sp³-hybridized carbons (Fsp3) is 0.733. The third-order valence-corrected chi connectivity index (χ3v) is 6.06. The summed E-state index contributed by atoms with van der Waals surface area (Å²) in [5, 5.41) is 3.24. The van der Waals surface area contributed by atoms with Crippen molar-refractivity contribution in [2.75, 3.05) is 6.54 Å². The number of hydrogen-bond donors (Lipinski definition) is 1. The lowest BCUT2D eigenvalue weighted by Crippen LogP contribution is -2.41. The van der Waals surface area contributed by atoms with Crippen LogP contribution in [0, 0.1) is 6.92 Å². The van der Waals surface area contributed by atoms with Crippen molar-refractivity contribution >= 4 is 10.0 Å². The van der Waals surface area contributed by atoms with E-state index in [2.05, 4.69) is 5.32 Å². The number of hydrogen-bond acceptors (Lipinski definition) is 4. The van der Waals surface area contributed by atoms with Gasteiger partial charge in [0.2, 0.25) is 10.0 Å². The molecule has 6 heteroatoms. The number of nitrogens with one attached hydrogen (secondary N) is 1. The summed E-state index contributed by atoms with van der Waals surface area (Å²) in [7, 11) is -3.45. The smallest absolute Gasteiger partial charge is 0.246 e. The molecule has 1 saturated heterocycles. The summed E-state index contributed by atoms with van der Waals surface area (Å²) in [6.07, 6.45) is 2.96. The van der Waals surface area contributed by atoms with Gasteiger partial charge in [0, 0.05) is 24.7 Å². The first-order valence-electron chi connectivity index (χ1n) is 7.67. The Hall–Kier alpha value is -0.850. The van der Waals surface area contributed by atoms with E-state index < -0.39 is 10.0 Å². The molecule has 21 heavy (non-hydrogen) atoms. The molecule has 1 aromatic heterocycles. The highest BCUT2D eigenvalue weighted by molar-refractivity contribution is 7.89. The molecule has 2 heterocycles. The van der Waals surface area contributed by atoms with Crippen LogP contribution in [0.15, 0.2) is 15.4 Å². The van der Waals surface area contributed by atoms with Crippen molar-refractivity contribution in [3.8, 4) is 0 Å². The Morgan fingerprint density at radius 1 is 1.43 bits per heavy atom. The lowest BCUT2D eigenvalue weighted by molar-refractivity contribution is 0.268. The van der Waals surface area contributed by atoms with E-state index in [1.807, 2.05) is 20.8 Å². The molecular formula is C15H26N2O3S. The number of furan rings is 1. The van der Waals surface area contributed by atoms with Gasteiger partial charge in [0.1, 0.15) is 16.4 Å². The fourth-order valence-corrected chi connectivity index (χ4v) is 4.61. The van der Waals surface area contributed by atoms with Crippen molar-refractivity contribution in [1.82, 2.24) is 9.62 Å². The molecular weight excluding hydrogens is 288 g/mol. The minimum Gasteiger partial charge on any atom is -0.464 e. The van der Waals surface area contributed by atoms with E-state index in [1.54, 1.807) is 17.3 Å². The predicted molar refractivity (Wildman–Crippen MR) is 82.6 cm³/mol. The highest BCUT2D eigenvalue weighted by Gasteiger charge is 2.33. The van der Waals surface area contributed by atoms with Gasteiger partial charge in [-0.3, -0.25) is 0 Å². The molecule has 0 radical (unpaired) electrons. The lowest BCUT2D eigenvalue weighted by Gasteiger charge is -2.31. The largest absolute Gasteiger partial charge is 0.464 e. The van der Waals surface area contributed by atoms with Crippen LogP contribution in [-0.2, 0) is 16.6 Å². The molecule has 1 fully saturated rings. The summed E-state index contributed by atoms with van der Waals surface area (Å²) < 4.78 is 32.9. The van der Waals surface area contributed by atoms with Gasteiger partial charge in [-0.15, -0.1) is 0 Å². The maximum Gasteiger partial charge on any atom is 0.246 e. The number of rotatable bonds is 5. The van der Waals surface area contributed by atoms with Crippen molar-refractivity contribution in [3.05, 3.63) is 17.6 Å². The highest BCUT2D eigenvalue weighted by Crippen LogP contribution is 2.28. The SMILES string of the molecule is Cc1oc(CNC(C)C)cc1S(=O)(=O)N1CCCCC1C. The monoisotopic (exact) mass is 314 g/mol. The molecule has 5 nitrogen and oxygen atoms in total. The minimum atomic E-state index is -3.45. The lowest BCUT2D eigenvalue weighted by atomic mass is 10.1. The molecule has 0 amide bonds. The molecule has 2 rings (SSSR count). The standard InChI is InChI=1S/C15H26N2O3S/c1-11(2)16-10-14-9-15(13(4)20-14)21(18,19)17-8-6-5-7-12(17)3/h9,11-12,16H,5-8,10H2,1-4H3. The molecule has 1 aliphatic heterocycles. The van der Waals surface area contributed by atoms with E-state index in [0.29, 0.717) is 35.5 Å². The fourth-order valence-electron chi connectivity index (χ4n) is 2.73. The van der Waals surface area contributed by atoms with Crippen molar-refractivity contribution in [2.45, 2.75) is 70.5 Å². The number of nitrogens with zero attached hydrogens (tertiary/aromatic N) is 1. The van der Waals surface area contributed by atoms with Crippen LogP contribution in [0.1, 0.15) is 51.6 Å². The quantitative estimate of drug-likeness (QED) is 0.907. The van der Waals surface area contributed by atoms with Gasteiger partial charge < -0.3 is 9.73 Å². The molecule has 1 unspecified atom stereocenters. The maximum atomic E-state index is 12.8. The Bertz CT molecular complexity index is 578. The average molecular weight is 314 g/mol. The normalized spacial score (nSPS) is 21.1. The van der Waals surface area contributed by atoms with Crippen LogP contribution in [0.25, 0.3) is 0 Å². The second kappa shape index (κ2) is 6.50. The Morgan fingerprint density at radius 3 is 2.76 bits per heavy atom. The van der Waals surface area contributed by atoms with E-state index in [0.717, 1.165) is 19.3 Å². The van der Waals surface area contributed by atoms with Gasteiger partial charge in [0.25, 0.3) is 0 Å². The van der Waals surface area contributed by atoms with Gasteiger partial charge in [-0.25, -0.2) is 8.42 Å². The molecule has 1 atom stereocenters. The van der Waals surface area contributed by atoms with Gasteiger partial charge in [0.15, 0.2) is 0 Å². The zero-order valence-electron chi connectivity index (χ0n) is 13.3. The van der Waals surface area contributed by atoms with E-state index >= 15 is 0 Å². The van der Waals surface area contributed by atoms with Gasteiger partial charge >= 0.3 is 0 Å². The second-order valence-electron chi connectivity index (χ2n) is 6.13. The first-order chi connectivity index (χ1) is 9.82. The zero-order valence-corrected chi connectivity index (χ0v) is 14.2. The number of piperidine rings is 1. The van der Waals surface area contributed by atoms with Crippen molar-refractivity contribution in [2.24, 2.45) is 0 Å². The topological polar surface area (TPSA) is 62.6 Å². The van der Waals surface area contributed by atoms with Gasteiger partial charge in [-0.1, -0.05) is 20.3 Å². The van der Waals surface area contributed by atoms with E-state index in [-0.39, 0.29) is 6.04 Å². The third-order valence-electron chi connectivity index (χ3n) is 3.94. The Labute approximate surface area is 127 Å². The minimum absolute atomic E-state index is 0.0651. The summed E-state index contributed by atoms with van der Waals surface area (Å²) in [6, 6.07) is 2.06. The van der Waals surface area contributed by atoms with E-state index in [1.165, 1.54) is 0 Å². The zero-order chi connectivity index (χ0) is 15.6. The van der Waals surface area contributed by atoms with E-state index in [4.69, 9.17) is 4.42 Å². The third kappa shape index (κ3) is 3.67. The molecule has 0 saturated carbocycles. The van der Waals surface area contributed by atoms with Crippen molar-refractivity contribution < 1.29 is 12.8 Å². The van der Waals surface area contributed by atoms with Crippen molar-refractivity contribution in [3.63, 3.8) is 0 Å². The van der Waals surface area contributed by atoms with Crippen molar-refractivity contribution in [1.29, 1.82) is 0 Å². The Balaban J connectivity index is 2.23. The summed E-state index contributed by atoms with van der Waals surface area (Å²) in [5.41, 5.74) is 0. The molecule has 120 valence electrons. The van der Waals surface area contributed by atoms with Crippen LogP contribution >= 0.6 is 0 Å². The van der Waals surface area contributed by atoms with Crippen LogP contribution < -0.4 is 5.32 Å². The molecule has 0 spiro atoms. The number of sulfonamides is 1. The van der Waals surface area contributed by atoms with Crippen LogP contribution in [0.3, 0.4) is 0 Å². The molecule has 1 N–H and O–H groups in total. The van der Waals surface area contributed by atoms with Crippen LogP contribution in [0.4, 0.5) is 0 Å². The number of aryl methyl sites for hydroxylation is 1. The molecule has 0 bridgehead atoms. The predicted octanol–water partition coefficient (Wildman–Crippen LogP) is 2.65. The van der Waals surface area contributed by atoms with Gasteiger partial charge in [-0.2, -0.15) is 4.31 Å². The molecule has 0 aromatic carbocycles. The Kier molecular flexibility index (Phi) is 5.11. The molecule has 0 aliphatic carbocycles. The summed E-state index contributed by atoms with van der Waals surface area (Å²) in [4.78, 5) is 0.316. The van der Waals surface area contributed by atoms with Gasteiger partial charge in [-0.05, 0) is 26.7 Å². The maximum absolute atomic E-state index is 12.8. The second-order valence-corrected chi connectivity index (χ2v) is 7.99. The summed E-state index contributed by atoms with van der Waals surface area (Å²) in [5.74, 6) is 1.15. The Morgan fingerprint density at radius 2 is 2.14 bits per heavy atom. The summed E-state index contributed by atoms with van der Waals surface area (Å²) in [6.45, 7) is 8.94. The molecule has 1 aliphatic rings. The first-order valence-corrected chi connectivity index (χ1v) is 9.11. The highest BCUT2D eigenvalue weighted by atomic mass is 32.2. The molecule has 1 aromatic rings. The summed E-state index contributed by atoms with van der Waals surface area (Å²) >= 11 is 0. The van der Waals surface area contributed by atoms with Gasteiger partial charge in [0.05, 0.1) is 6.54 Å². The van der Waals surface area contributed by atoms with Crippen LogP contribution in [0.2, 0.25) is 0 Å². The first kappa shape index (κ1) is 16.5. The van der Waals surface area contributed by atoms with E-state index in [9.17, 15) is 8.42 Å². The van der Waals surface area contributed by atoms with Crippen LogP contribution in [-0.4, -0.2) is 31.4 Å². The average Bonchev–Trinajstić information content (AvgIpc) is 2.79. The van der Waals surface area contributed by atoms with Crippen LogP contribution in [0.5, 0.6) is 0 Å².